The topological polar surface area (TPSA) is 61.8 Å². The SMILES string of the molecule is COc1ccc(C(CCN(C)CC(=O)[O-])Oc2ccc(C(F)(F)F)cc2)cc1.[Li+]. The number of rotatable bonds is 9. The summed E-state index contributed by atoms with van der Waals surface area (Å²) in [6.45, 7) is 0.168. The van der Waals surface area contributed by atoms with E-state index < -0.39 is 23.8 Å². The Morgan fingerprint density at radius 1 is 1.07 bits per heavy atom. The number of nitrogens with zero attached hydrogens (tertiary/aromatic N) is 1. The number of hydrogen-bond acceptors (Lipinski definition) is 5. The number of likely N-dealkylation sites (N-methyl/N-ethyl adjacent to an activating group) is 1. The Balaban J connectivity index is 0.00000420. The van der Waals surface area contributed by atoms with Crippen LogP contribution in [0.25, 0.3) is 0 Å². The van der Waals surface area contributed by atoms with Crippen molar-refractivity contribution in [3.05, 3.63) is 59.7 Å². The summed E-state index contributed by atoms with van der Waals surface area (Å²) in [5.41, 5.74) is 0.0390. The Morgan fingerprint density at radius 2 is 1.62 bits per heavy atom. The van der Waals surface area contributed by atoms with Crippen molar-refractivity contribution in [1.29, 1.82) is 0 Å². The first kappa shape index (κ1) is 24.9. The molecule has 0 aliphatic heterocycles. The number of halogens is 3. The molecular weight excluding hydrogens is 382 g/mol. The second-order valence-electron chi connectivity index (χ2n) is 6.30. The van der Waals surface area contributed by atoms with E-state index in [1.54, 1.807) is 43.3 Å². The quantitative estimate of drug-likeness (QED) is 0.548. The van der Waals surface area contributed by atoms with E-state index in [1.807, 2.05) is 0 Å². The van der Waals surface area contributed by atoms with Crippen molar-refractivity contribution in [2.24, 2.45) is 0 Å². The third-order valence-electron chi connectivity index (χ3n) is 4.12. The Labute approximate surface area is 179 Å². The van der Waals surface area contributed by atoms with Crippen LogP contribution in [0.4, 0.5) is 13.2 Å². The predicted octanol–water partition coefficient (Wildman–Crippen LogP) is -0.0901. The minimum atomic E-state index is -4.42. The molecule has 1 atom stereocenters. The predicted molar refractivity (Wildman–Crippen MR) is 94.9 cm³/mol. The van der Waals surface area contributed by atoms with Crippen LogP contribution >= 0.6 is 0 Å². The molecule has 29 heavy (non-hydrogen) atoms. The third kappa shape index (κ3) is 8.01. The van der Waals surface area contributed by atoms with Crippen molar-refractivity contribution in [2.75, 3.05) is 27.2 Å². The molecule has 9 heteroatoms. The maximum absolute atomic E-state index is 12.7. The number of carbonyl (C=O) groups is 1. The molecule has 0 saturated carbocycles. The molecule has 0 N–H and O–H groups in total. The summed E-state index contributed by atoms with van der Waals surface area (Å²) in [5.74, 6) is -0.241. The van der Waals surface area contributed by atoms with E-state index in [4.69, 9.17) is 9.47 Å². The third-order valence-corrected chi connectivity index (χ3v) is 4.12. The first-order chi connectivity index (χ1) is 13.2. The van der Waals surface area contributed by atoms with E-state index in [1.165, 1.54) is 12.1 Å². The van der Waals surface area contributed by atoms with Gasteiger partial charge in [-0.05, 0) is 49.0 Å². The zero-order chi connectivity index (χ0) is 20.7. The van der Waals surface area contributed by atoms with Gasteiger partial charge in [0, 0.05) is 19.5 Å². The number of aliphatic carboxylic acids is 1. The van der Waals surface area contributed by atoms with E-state index in [0.717, 1.165) is 17.7 Å². The molecule has 0 fully saturated rings. The van der Waals surface area contributed by atoms with Gasteiger partial charge in [0.25, 0.3) is 0 Å². The van der Waals surface area contributed by atoms with Crippen LogP contribution in [0.2, 0.25) is 0 Å². The summed E-state index contributed by atoms with van der Waals surface area (Å²) in [4.78, 5) is 12.3. The van der Waals surface area contributed by atoms with Crippen molar-refractivity contribution in [3.8, 4) is 11.5 Å². The second kappa shape index (κ2) is 11.1. The van der Waals surface area contributed by atoms with Crippen molar-refractivity contribution < 1.29 is 51.4 Å². The molecule has 152 valence electrons. The zero-order valence-electron chi connectivity index (χ0n) is 16.5. The molecule has 0 aromatic heterocycles. The number of alkyl halides is 3. The van der Waals surface area contributed by atoms with E-state index in [2.05, 4.69) is 0 Å². The van der Waals surface area contributed by atoms with Gasteiger partial charge in [-0.2, -0.15) is 13.2 Å². The number of ether oxygens (including phenoxy) is 2. The van der Waals surface area contributed by atoms with Gasteiger partial charge in [0.2, 0.25) is 0 Å². The van der Waals surface area contributed by atoms with Gasteiger partial charge in [-0.15, -0.1) is 0 Å². The maximum atomic E-state index is 12.7. The average molecular weight is 403 g/mol. The minimum Gasteiger partial charge on any atom is -0.549 e. The maximum Gasteiger partial charge on any atom is 1.00 e. The van der Waals surface area contributed by atoms with Gasteiger partial charge in [-0.3, -0.25) is 0 Å². The first-order valence-corrected chi connectivity index (χ1v) is 8.55. The molecule has 0 saturated heterocycles. The average Bonchev–Trinajstić information content (AvgIpc) is 2.64. The minimum absolute atomic E-state index is 0. The Morgan fingerprint density at radius 3 is 2.10 bits per heavy atom. The molecule has 2 aromatic rings. The summed E-state index contributed by atoms with van der Waals surface area (Å²) in [6.07, 6.45) is -4.47. The smallest absolute Gasteiger partial charge is 0.549 e. The number of carboxylic acids is 1. The van der Waals surface area contributed by atoms with E-state index >= 15 is 0 Å². The number of benzene rings is 2. The molecule has 0 aliphatic carbocycles. The van der Waals surface area contributed by atoms with Gasteiger partial charge in [0.1, 0.15) is 17.6 Å². The normalized spacial score (nSPS) is 12.2. The molecule has 2 rings (SSSR count). The summed E-state index contributed by atoms with van der Waals surface area (Å²) in [7, 11) is 3.18. The molecule has 0 amide bonds. The van der Waals surface area contributed by atoms with Crippen molar-refractivity contribution >= 4 is 5.97 Å². The second-order valence-corrected chi connectivity index (χ2v) is 6.30. The van der Waals surface area contributed by atoms with Gasteiger partial charge < -0.3 is 24.3 Å². The standard InChI is InChI=1S/C20H22F3NO4.Li/c1-24(13-19(25)26)12-11-18(14-3-7-16(27-2)8-4-14)28-17-9-5-15(6-10-17)20(21,22)23;/h3-10,18H,11-13H2,1-2H3,(H,25,26);/q;+1/p-1. The summed E-state index contributed by atoms with van der Waals surface area (Å²) in [5, 5.41) is 10.7. The van der Waals surface area contributed by atoms with Crippen molar-refractivity contribution in [1.82, 2.24) is 4.90 Å². The van der Waals surface area contributed by atoms with Crippen LogP contribution in [0.3, 0.4) is 0 Å². The Bertz CT molecular complexity index is 767. The number of carboxylic acid groups (broad SMARTS) is 1. The summed E-state index contributed by atoms with van der Waals surface area (Å²) < 4.78 is 49.2. The fourth-order valence-electron chi connectivity index (χ4n) is 2.64. The van der Waals surface area contributed by atoms with Crippen LogP contribution in [0, 0.1) is 0 Å². The van der Waals surface area contributed by atoms with Crippen molar-refractivity contribution in [2.45, 2.75) is 18.7 Å². The summed E-state index contributed by atoms with van der Waals surface area (Å²) >= 11 is 0. The zero-order valence-corrected chi connectivity index (χ0v) is 16.5. The molecule has 1 unspecified atom stereocenters. The van der Waals surface area contributed by atoms with Crippen molar-refractivity contribution in [3.63, 3.8) is 0 Å². The van der Waals surface area contributed by atoms with Gasteiger partial charge in [-0.25, -0.2) is 0 Å². The molecule has 2 aromatic carbocycles. The van der Waals surface area contributed by atoms with E-state index in [0.29, 0.717) is 18.7 Å². The van der Waals surface area contributed by atoms with Crippen LogP contribution in [-0.4, -0.2) is 38.1 Å². The van der Waals surface area contributed by atoms with Gasteiger partial charge >= 0.3 is 25.0 Å². The van der Waals surface area contributed by atoms with Crippen LogP contribution in [0.5, 0.6) is 11.5 Å². The summed E-state index contributed by atoms with van der Waals surface area (Å²) in [6, 6.07) is 11.6. The largest absolute Gasteiger partial charge is 1.00 e. The Hall–Kier alpha value is -2.14. The molecule has 5 nitrogen and oxygen atoms in total. The molecule has 0 heterocycles. The molecule has 0 aliphatic rings. The van der Waals surface area contributed by atoms with Gasteiger partial charge in [0.05, 0.1) is 18.6 Å². The monoisotopic (exact) mass is 403 g/mol. The number of carbonyl (C=O) groups excluding carboxylic acids is 1. The van der Waals surface area contributed by atoms with E-state index in [9.17, 15) is 23.1 Å². The first-order valence-electron chi connectivity index (χ1n) is 8.55. The molecule has 0 spiro atoms. The number of methoxy groups -OCH3 is 1. The van der Waals surface area contributed by atoms with Crippen LogP contribution in [0.1, 0.15) is 23.7 Å². The molecule has 0 bridgehead atoms. The van der Waals surface area contributed by atoms with Gasteiger partial charge in [-0.1, -0.05) is 12.1 Å². The number of hydrogen-bond donors (Lipinski definition) is 0. The fraction of sp³-hybridized carbons (Fsp3) is 0.350. The van der Waals surface area contributed by atoms with Crippen LogP contribution in [0.15, 0.2) is 48.5 Å². The van der Waals surface area contributed by atoms with Gasteiger partial charge in [0.15, 0.2) is 0 Å². The fourth-order valence-corrected chi connectivity index (χ4v) is 2.64. The van der Waals surface area contributed by atoms with E-state index in [-0.39, 0.29) is 31.2 Å². The molecular formula is C20H21F3LiNO4. The Kier molecular flexibility index (Phi) is 9.57. The van der Waals surface area contributed by atoms with Crippen LogP contribution in [-0.2, 0) is 11.0 Å². The van der Waals surface area contributed by atoms with Crippen LogP contribution < -0.4 is 33.4 Å². The molecule has 0 radical (unpaired) electrons.